The quantitative estimate of drug-likeness (QED) is 0.734. The Bertz CT molecular complexity index is 598. The first-order valence-electron chi connectivity index (χ1n) is 5.44. The zero-order valence-corrected chi connectivity index (χ0v) is 10.5. The van der Waals surface area contributed by atoms with Crippen molar-refractivity contribution in [2.75, 3.05) is 16.4 Å². The van der Waals surface area contributed by atoms with Crippen molar-refractivity contribution in [3.8, 4) is 0 Å². The van der Waals surface area contributed by atoms with Gasteiger partial charge in [0.2, 0.25) is 0 Å². The highest BCUT2D eigenvalue weighted by Crippen LogP contribution is 2.27. The van der Waals surface area contributed by atoms with Gasteiger partial charge in [-0.1, -0.05) is 29.8 Å². The lowest BCUT2D eigenvalue weighted by atomic mass is 10.2. The Morgan fingerprint density at radius 1 is 1.11 bits per heavy atom. The summed E-state index contributed by atoms with van der Waals surface area (Å²) < 4.78 is 13.4. The molecule has 2 rings (SSSR count). The molecule has 98 valence electrons. The lowest BCUT2D eigenvalue weighted by Gasteiger charge is -2.11. The van der Waals surface area contributed by atoms with Crippen LogP contribution in [0.15, 0.2) is 42.5 Å². The third-order valence-electron chi connectivity index (χ3n) is 2.41. The summed E-state index contributed by atoms with van der Waals surface area (Å²) in [4.78, 5) is 11.7. The van der Waals surface area contributed by atoms with E-state index in [2.05, 4.69) is 10.6 Å². The third-order valence-corrected chi connectivity index (χ3v) is 2.72. The largest absolute Gasteiger partial charge is 0.397 e. The molecule has 0 aliphatic rings. The first kappa shape index (κ1) is 13.2. The van der Waals surface area contributed by atoms with Crippen molar-refractivity contribution in [1.82, 2.24) is 0 Å². The molecule has 2 aromatic rings. The zero-order chi connectivity index (χ0) is 13.8. The van der Waals surface area contributed by atoms with Crippen molar-refractivity contribution in [2.45, 2.75) is 0 Å². The van der Waals surface area contributed by atoms with Crippen LogP contribution in [0.2, 0.25) is 5.02 Å². The van der Waals surface area contributed by atoms with Gasteiger partial charge >= 0.3 is 6.03 Å². The maximum absolute atomic E-state index is 13.4. The van der Waals surface area contributed by atoms with Crippen LogP contribution >= 0.6 is 11.6 Å². The van der Waals surface area contributed by atoms with Crippen molar-refractivity contribution in [2.24, 2.45) is 0 Å². The minimum Gasteiger partial charge on any atom is -0.397 e. The van der Waals surface area contributed by atoms with E-state index in [0.29, 0.717) is 10.7 Å². The standard InChI is InChI=1S/C13H11ClFN3O/c14-8-4-3-6-10(16)12(8)18-13(19)17-11-7-2-1-5-9(11)15/h1-7H,16H2,(H2,17,18,19). The fourth-order valence-electron chi connectivity index (χ4n) is 1.50. The molecule has 0 fully saturated rings. The number of halogens is 2. The molecule has 2 amide bonds. The number of rotatable bonds is 2. The molecule has 0 aliphatic heterocycles. The highest BCUT2D eigenvalue weighted by Gasteiger charge is 2.10. The Hall–Kier alpha value is -2.27. The summed E-state index contributed by atoms with van der Waals surface area (Å²) in [6, 6.07) is 10.1. The molecule has 4 N–H and O–H groups in total. The van der Waals surface area contributed by atoms with Crippen LogP contribution in [0.1, 0.15) is 0 Å². The second-order valence-electron chi connectivity index (χ2n) is 3.76. The first-order valence-corrected chi connectivity index (χ1v) is 5.82. The Labute approximate surface area is 114 Å². The van der Waals surface area contributed by atoms with Crippen LogP contribution in [0.4, 0.5) is 26.2 Å². The molecule has 0 heterocycles. The van der Waals surface area contributed by atoms with Gasteiger partial charge in [0.1, 0.15) is 5.82 Å². The highest BCUT2D eigenvalue weighted by atomic mass is 35.5. The fourth-order valence-corrected chi connectivity index (χ4v) is 1.73. The second kappa shape index (κ2) is 5.58. The van der Waals surface area contributed by atoms with E-state index in [1.165, 1.54) is 18.2 Å². The maximum atomic E-state index is 13.4. The van der Waals surface area contributed by atoms with Gasteiger partial charge in [0, 0.05) is 0 Å². The normalized spacial score (nSPS) is 10.0. The van der Waals surface area contributed by atoms with Crippen molar-refractivity contribution < 1.29 is 9.18 Å². The Morgan fingerprint density at radius 2 is 1.84 bits per heavy atom. The molecule has 0 aromatic heterocycles. The minimum atomic E-state index is -0.620. The predicted octanol–water partition coefficient (Wildman–Crippen LogP) is 3.71. The number of nitrogens with two attached hydrogens (primary N) is 1. The number of urea groups is 1. The van der Waals surface area contributed by atoms with E-state index < -0.39 is 11.8 Å². The Balaban J connectivity index is 2.12. The number of amides is 2. The highest BCUT2D eigenvalue weighted by molar-refractivity contribution is 6.34. The summed E-state index contributed by atoms with van der Waals surface area (Å²) in [5, 5.41) is 5.16. The number of anilines is 3. The van der Waals surface area contributed by atoms with Crippen molar-refractivity contribution >= 4 is 34.7 Å². The maximum Gasteiger partial charge on any atom is 0.323 e. The third kappa shape index (κ3) is 3.14. The number of benzene rings is 2. The van der Waals surface area contributed by atoms with Crippen LogP contribution in [0.25, 0.3) is 0 Å². The molecule has 0 saturated heterocycles. The van der Waals surface area contributed by atoms with E-state index in [1.54, 1.807) is 24.3 Å². The number of carbonyl (C=O) groups is 1. The number of nitrogens with one attached hydrogen (secondary N) is 2. The molecule has 0 radical (unpaired) electrons. The second-order valence-corrected chi connectivity index (χ2v) is 4.17. The summed E-state index contributed by atoms with van der Waals surface area (Å²) in [6.45, 7) is 0. The van der Waals surface area contributed by atoms with Gasteiger partial charge in [0.15, 0.2) is 0 Å². The van der Waals surface area contributed by atoms with Gasteiger partial charge in [-0.3, -0.25) is 0 Å². The molecule has 0 spiro atoms. The van der Waals surface area contributed by atoms with Crippen molar-refractivity contribution in [3.63, 3.8) is 0 Å². The van der Waals surface area contributed by atoms with Crippen LogP contribution in [0.3, 0.4) is 0 Å². The topological polar surface area (TPSA) is 67.1 Å². The summed E-state index contributed by atoms with van der Waals surface area (Å²) in [5.74, 6) is -0.523. The van der Waals surface area contributed by atoms with Gasteiger partial charge in [-0.2, -0.15) is 0 Å². The van der Waals surface area contributed by atoms with E-state index in [4.69, 9.17) is 17.3 Å². The lowest BCUT2D eigenvalue weighted by Crippen LogP contribution is -2.21. The van der Waals surface area contributed by atoms with Gasteiger partial charge in [0.05, 0.1) is 22.1 Å². The molecule has 0 bridgehead atoms. The summed E-state index contributed by atoms with van der Waals surface area (Å²) in [7, 11) is 0. The number of para-hydroxylation sites is 2. The summed E-state index contributed by atoms with van der Waals surface area (Å²) in [6.07, 6.45) is 0. The Kier molecular flexibility index (Phi) is 3.87. The molecule has 2 aromatic carbocycles. The lowest BCUT2D eigenvalue weighted by molar-refractivity contribution is 0.262. The molecule has 0 saturated carbocycles. The molecule has 0 aliphatic carbocycles. The molecule has 19 heavy (non-hydrogen) atoms. The smallest absolute Gasteiger partial charge is 0.323 e. The first-order chi connectivity index (χ1) is 9.08. The molecular weight excluding hydrogens is 269 g/mol. The SMILES string of the molecule is Nc1cccc(Cl)c1NC(=O)Nc1ccccc1F. The number of nitrogen functional groups attached to an aromatic ring is 1. The minimum absolute atomic E-state index is 0.0747. The zero-order valence-electron chi connectivity index (χ0n) is 9.78. The van der Waals surface area contributed by atoms with Crippen LogP contribution in [0.5, 0.6) is 0 Å². The van der Waals surface area contributed by atoms with Crippen LogP contribution < -0.4 is 16.4 Å². The van der Waals surface area contributed by atoms with Gasteiger partial charge in [0.25, 0.3) is 0 Å². The fraction of sp³-hybridized carbons (Fsp3) is 0. The van der Waals surface area contributed by atoms with Gasteiger partial charge in [-0.15, -0.1) is 0 Å². The molecule has 0 unspecified atom stereocenters. The van der Waals surface area contributed by atoms with Crippen molar-refractivity contribution in [1.29, 1.82) is 0 Å². The van der Waals surface area contributed by atoms with Crippen LogP contribution in [-0.4, -0.2) is 6.03 Å². The average molecular weight is 280 g/mol. The van der Waals surface area contributed by atoms with Gasteiger partial charge in [-0.25, -0.2) is 9.18 Å². The van der Waals surface area contributed by atoms with E-state index >= 15 is 0 Å². The molecule has 6 heteroatoms. The Morgan fingerprint density at radius 3 is 2.53 bits per heavy atom. The summed E-state index contributed by atoms with van der Waals surface area (Å²) in [5.41, 5.74) is 6.39. The van der Waals surface area contributed by atoms with E-state index in [-0.39, 0.29) is 11.4 Å². The van der Waals surface area contributed by atoms with E-state index in [9.17, 15) is 9.18 Å². The molecular formula is C13H11ClFN3O. The number of hydrogen-bond donors (Lipinski definition) is 3. The van der Waals surface area contributed by atoms with Crippen LogP contribution in [0, 0.1) is 5.82 Å². The van der Waals surface area contributed by atoms with Crippen LogP contribution in [-0.2, 0) is 0 Å². The number of hydrogen-bond acceptors (Lipinski definition) is 2. The van der Waals surface area contributed by atoms with E-state index in [0.717, 1.165) is 0 Å². The molecule has 0 atom stereocenters. The summed E-state index contributed by atoms with van der Waals surface area (Å²) >= 11 is 5.91. The van der Waals surface area contributed by atoms with Gasteiger partial charge in [-0.05, 0) is 24.3 Å². The monoisotopic (exact) mass is 279 g/mol. The predicted molar refractivity (Wildman–Crippen MR) is 74.9 cm³/mol. The van der Waals surface area contributed by atoms with E-state index in [1.807, 2.05) is 0 Å². The molecule has 4 nitrogen and oxygen atoms in total. The van der Waals surface area contributed by atoms with Gasteiger partial charge < -0.3 is 16.4 Å². The number of carbonyl (C=O) groups excluding carboxylic acids is 1. The van der Waals surface area contributed by atoms with Crippen molar-refractivity contribution in [3.05, 3.63) is 53.3 Å². The average Bonchev–Trinajstić information content (AvgIpc) is 2.37.